The SMILES string of the molecule is CCCCOCCN1CC(CC(=O)O)c2ccccc21. The molecule has 0 spiro atoms. The van der Waals surface area contributed by atoms with Gasteiger partial charge in [0.2, 0.25) is 0 Å². The second kappa shape index (κ2) is 7.29. The standard InChI is InChI=1S/C16H23NO3/c1-2-3-9-20-10-8-17-12-13(11-16(18)19)14-6-4-5-7-15(14)17/h4-7,13H,2-3,8-12H2,1H3,(H,18,19). The first-order chi connectivity index (χ1) is 9.72. The van der Waals surface area contributed by atoms with Crippen molar-refractivity contribution in [3.63, 3.8) is 0 Å². The third kappa shape index (κ3) is 3.73. The fourth-order valence-electron chi connectivity index (χ4n) is 2.70. The Bertz CT molecular complexity index is 447. The lowest BCUT2D eigenvalue weighted by atomic mass is 9.98. The van der Waals surface area contributed by atoms with E-state index in [9.17, 15) is 4.79 Å². The molecule has 1 heterocycles. The fourth-order valence-corrected chi connectivity index (χ4v) is 2.70. The van der Waals surface area contributed by atoms with Crippen LogP contribution in [0.25, 0.3) is 0 Å². The molecule has 0 bridgehead atoms. The molecule has 4 nitrogen and oxygen atoms in total. The van der Waals surface area contributed by atoms with E-state index in [1.54, 1.807) is 0 Å². The van der Waals surface area contributed by atoms with Gasteiger partial charge in [-0.1, -0.05) is 31.5 Å². The number of hydrogen-bond donors (Lipinski definition) is 1. The van der Waals surface area contributed by atoms with Crippen LogP contribution in [-0.2, 0) is 9.53 Å². The number of carboxylic acid groups (broad SMARTS) is 1. The highest BCUT2D eigenvalue weighted by molar-refractivity contribution is 5.71. The molecule has 110 valence electrons. The van der Waals surface area contributed by atoms with Crippen LogP contribution in [0.4, 0.5) is 5.69 Å². The van der Waals surface area contributed by atoms with Crippen molar-refractivity contribution in [3.05, 3.63) is 29.8 Å². The lowest BCUT2D eigenvalue weighted by Crippen LogP contribution is -2.27. The normalized spacial score (nSPS) is 17.2. The monoisotopic (exact) mass is 277 g/mol. The van der Waals surface area contributed by atoms with Gasteiger partial charge in [-0.2, -0.15) is 0 Å². The minimum absolute atomic E-state index is 0.0966. The highest BCUT2D eigenvalue weighted by atomic mass is 16.5. The summed E-state index contributed by atoms with van der Waals surface area (Å²) in [5, 5.41) is 9.02. The molecule has 1 N–H and O–H groups in total. The highest BCUT2D eigenvalue weighted by Crippen LogP contribution is 2.37. The Morgan fingerprint density at radius 2 is 2.20 bits per heavy atom. The molecular weight excluding hydrogens is 254 g/mol. The number of carboxylic acids is 1. The van der Waals surface area contributed by atoms with E-state index in [2.05, 4.69) is 17.9 Å². The molecule has 0 radical (unpaired) electrons. The lowest BCUT2D eigenvalue weighted by Gasteiger charge is -2.19. The Morgan fingerprint density at radius 3 is 2.95 bits per heavy atom. The van der Waals surface area contributed by atoms with E-state index in [1.165, 1.54) is 0 Å². The number of unbranched alkanes of at least 4 members (excludes halogenated alkanes) is 1. The minimum atomic E-state index is -0.731. The summed E-state index contributed by atoms with van der Waals surface area (Å²) in [6, 6.07) is 8.10. The Hall–Kier alpha value is -1.55. The summed E-state index contributed by atoms with van der Waals surface area (Å²) in [5.41, 5.74) is 2.32. The van der Waals surface area contributed by atoms with Crippen LogP contribution in [0, 0.1) is 0 Å². The smallest absolute Gasteiger partial charge is 0.304 e. The second-order valence-corrected chi connectivity index (χ2v) is 5.27. The lowest BCUT2D eigenvalue weighted by molar-refractivity contribution is -0.137. The van der Waals surface area contributed by atoms with E-state index in [4.69, 9.17) is 9.84 Å². The Kier molecular flexibility index (Phi) is 5.41. The average molecular weight is 277 g/mol. The third-order valence-electron chi connectivity index (χ3n) is 3.73. The van der Waals surface area contributed by atoms with Crippen LogP contribution in [0.5, 0.6) is 0 Å². The zero-order chi connectivity index (χ0) is 14.4. The van der Waals surface area contributed by atoms with Gasteiger partial charge in [0, 0.05) is 31.3 Å². The average Bonchev–Trinajstić information content (AvgIpc) is 2.77. The number of rotatable bonds is 8. The summed E-state index contributed by atoms with van der Waals surface area (Å²) in [5.74, 6) is -0.634. The Balaban J connectivity index is 1.93. The first kappa shape index (κ1) is 14.9. The number of hydrogen-bond acceptors (Lipinski definition) is 3. The summed E-state index contributed by atoms with van der Waals surface area (Å²) in [4.78, 5) is 13.2. The van der Waals surface area contributed by atoms with Crippen LogP contribution in [-0.4, -0.2) is 37.4 Å². The molecule has 1 aromatic rings. The zero-order valence-electron chi connectivity index (χ0n) is 12.0. The molecule has 0 amide bonds. The number of ether oxygens (including phenoxy) is 1. The van der Waals surface area contributed by atoms with Gasteiger partial charge in [0.15, 0.2) is 0 Å². The maximum Gasteiger partial charge on any atom is 0.304 e. The predicted octanol–water partition coefficient (Wildman–Crippen LogP) is 2.88. The van der Waals surface area contributed by atoms with E-state index >= 15 is 0 Å². The van der Waals surface area contributed by atoms with E-state index in [0.29, 0.717) is 6.61 Å². The Labute approximate surface area is 120 Å². The molecule has 1 unspecified atom stereocenters. The van der Waals surface area contributed by atoms with Crippen molar-refractivity contribution in [1.82, 2.24) is 0 Å². The van der Waals surface area contributed by atoms with Gasteiger partial charge in [-0.3, -0.25) is 4.79 Å². The molecule has 0 aromatic heterocycles. The molecule has 0 saturated heterocycles. The van der Waals surface area contributed by atoms with Crippen molar-refractivity contribution in [2.24, 2.45) is 0 Å². The van der Waals surface area contributed by atoms with Gasteiger partial charge in [-0.05, 0) is 18.1 Å². The van der Waals surface area contributed by atoms with Gasteiger partial charge in [0.05, 0.1) is 13.0 Å². The number of anilines is 1. The second-order valence-electron chi connectivity index (χ2n) is 5.27. The summed E-state index contributed by atoms with van der Waals surface area (Å²) >= 11 is 0. The molecular formula is C16H23NO3. The maximum atomic E-state index is 11.0. The molecule has 1 atom stereocenters. The molecule has 0 saturated carbocycles. The predicted molar refractivity (Wildman–Crippen MR) is 79.4 cm³/mol. The van der Waals surface area contributed by atoms with Gasteiger partial charge in [-0.15, -0.1) is 0 Å². The highest BCUT2D eigenvalue weighted by Gasteiger charge is 2.29. The molecule has 20 heavy (non-hydrogen) atoms. The number of para-hydroxylation sites is 1. The molecule has 1 aliphatic heterocycles. The molecule has 1 aliphatic rings. The van der Waals surface area contributed by atoms with Gasteiger partial charge >= 0.3 is 5.97 Å². The van der Waals surface area contributed by atoms with Gasteiger partial charge in [0.1, 0.15) is 0 Å². The van der Waals surface area contributed by atoms with E-state index in [-0.39, 0.29) is 12.3 Å². The number of benzene rings is 1. The van der Waals surface area contributed by atoms with E-state index in [0.717, 1.165) is 43.8 Å². The van der Waals surface area contributed by atoms with Crippen molar-refractivity contribution in [1.29, 1.82) is 0 Å². The van der Waals surface area contributed by atoms with Crippen molar-refractivity contribution < 1.29 is 14.6 Å². The number of aliphatic carboxylic acids is 1. The number of nitrogens with zero attached hydrogens (tertiary/aromatic N) is 1. The zero-order valence-corrected chi connectivity index (χ0v) is 12.0. The maximum absolute atomic E-state index is 11.0. The largest absolute Gasteiger partial charge is 0.481 e. The first-order valence-electron chi connectivity index (χ1n) is 7.35. The van der Waals surface area contributed by atoms with Gasteiger partial charge in [0.25, 0.3) is 0 Å². The van der Waals surface area contributed by atoms with Crippen molar-refractivity contribution >= 4 is 11.7 Å². The van der Waals surface area contributed by atoms with Crippen LogP contribution >= 0.6 is 0 Å². The number of carbonyl (C=O) groups is 1. The fraction of sp³-hybridized carbons (Fsp3) is 0.562. The molecule has 2 rings (SSSR count). The first-order valence-corrected chi connectivity index (χ1v) is 7.35. The van der Waals surface area contributed by atoms with E-state index < -0.39 is 5.97 Å². The quantitative estimate of drug-likeness (QED) is 0.742. The van der Waals surface area contributed by atoms with Crippen LogP contribution < -0.4 is 4.90 Å². The van der Waals surface area contributed by atoms with Crippen molar-refractivity contribution in [2.45, 2.75) is 32.1 Å². The summed E-state index contributed by atoms with van der Waals surface area (Å²) in [6.07, 6.45) is 2.44. The number of fused-ring (bicyclic) bond motifs is 1. The molecule has 4 heteroatoms. The summed E-state index contributed by atoms with van der Waals surface area (Å²) in [6.45, 7) is 5.27. The third-order valence-corrected chi connectivity index (χ3v) is 3.73. The topological polar surface area (TPSA) is 49.8 Å². The molecule has 0 fully saturated rings. The molecule has 1 aromatic carbocycles. The summed E-state index contributed by atoms with van der Waals surface area (Å²) in [7, 11) is 0. The van der Waals surface area contributed by atoms with Crippen LogP contribution in [0.2, 0.25) is 0 Å². The van der Waals surface area contributed by atoms with E-state index in [1.807, 2.05) is 18.2 Å². The van der Waals surface area contributed by atoms with Crippen molar-refractivity contribution in [2.75, 3.05) is 31.2 Å². The van der Waals surface area contributed by atoms with Crippen LogP contribution in [0.15, 0.2) is 24.3 Å². The van der Waals surface area contributed by atoms with Crippen LogP contribution in [0.1, 0.15) is 37.7 Å². The van der Waals surface area contributed by atoms with Gasteiger partial charge in [-0.25, -0.2) is 0 Å². The van der Waals surface area contributed by atoms with Crippen LogP contribution in [0.3, 0.4) is 0 Å². The summed E-state index contributed by atoms with van der Waals surface area (Å²) < 4.78 is 5.61. The van der Waals surface area contributed by atoms with Gasteiger partial charge < -0.3 is 14.7 Å². The Morgan fingerprint density at radius 1 is 1.40 bits per heavy atom. The van der Waals surface area contributed by atoms with Crippen molar-refractivity contribution in [3.8, 4) is 0 Å². The molecule has 0 aliphatic carbocycles. The minimum Gasteiger partial charge on any atom is -0.481 e.